The molecule has 1 aliphatic rings. The molecule has 1 aliphatic heterocycles. The lowest BCUT2D eigenvalue weighted by Gasteiger charge is -2.27. The van der Waals surface area contributed by atoms with Gasteiger partial charge in [-0.2, -0.15) is 0 Å². The van der Waals surface area contributed by atoms with Crippen molar-refractivity contribution in [2.45, 2.75) is 38.2 Å². The molecule has 0 aromatic carbocycles. The van der Waals surface area contributed by atoms with Crippen molar-refractivity contribution in [1.82, 2.24) is 9.88 Å². The smallest absolute Gasteiger partial charge is 0.410 e. The van der Waals surface area contributed by atoms with Gasteiger partial charge in [0, 0.05) is 19.3 Å². The van der Waals surface area contributed by atoms with Gasteiger partial charge in [0.05, 0.1) is 5.69 Å². The zero-order valence-electron chi connectivity index (χ0n) is 12.6. The highest BCUT2D eigenvalue weighted by atomic mass is 16.6. The topological polar surface area (TPSA) is 85.5 Å². The molecule has 1 fully saturated rings. The average molecular weight is 291 g/mol. The first-order valence-corrected chi connectivity index (χ1v) is 6.94. The van der Waals surface area contributed by atoms with E-state index < -0.39 is 23.0 Å². The van der Waals surface area contributed by atoms with Crippen LogP contribution < -0.4 is 5.73 Å². The summed E-state index contributed by atoms with van der Waals surface area (Å²) in [6.45, 7) is 6.05. The molecule has 1 aromatic rings. The number of likely N-dealkylation sites (tertiary alicyclic amines) is 1. The molecule has 0 saturated carbocycles. The highest BCUT2D eigenvalue weighted by Crippen LogP contribution is 2.33. The molecule has 114 valence electrons. The van der Waals surface area contributed by atoms with Crippen LogP contribution >= 0.6 is 0 Å². The van der Waals surface area contributed by atoms with Crippen molar-refractivity contribution in [3.8, 4) is 0 Å². The third-order valence-corrected chi connectivity index (χ3v) is 3.55. The van der Waals surface area contributed by atoms with E-state index in [0.717, 1.165) is 0 Å². The molecule has 1 aromatic heterocycles. The molecule has 21 heavy (non-hydrogen) atoms. The highest BCUT2D eigenvalue weighted by Gasteiger charge is 2.48. The number of ether oxygens (including phenoxy) is 1. The number of hydrogen-bond donors (Lipinski definition) is 1. The second-order valence-electron chi connectivity index (χ2n) is 6.31. The number of carbonyl (C=O) groups excluding carboxylic acids is 2. The first-order chi connectivity index (χ1) is 9.74. The zero-order valence-corrected chi connectivity index (χ0v) is 12.6. The molecule has 2 N–H and O–H groups in total. The molecule has 2 rings (SSSR count). The van der Waals surface area contributed by atoms with Gasteiger partial charge >= 0.3 is 6.09 Å². The SMILES string of the molecule is CC(C)(C)OC(=O)N1CCC(C(N)=O)(c2ccccn2)C1. The fourth-order valence-electron chi connectivity index (χ4n) is 2.47. The summed E-state index contributed by atoms with van der Waals surface area (Å²) in [6.07, 6.45) is 1.65. The van der Waals surface area contributed by atoms with Gasteiger partial charge in [-0.05, 0) is 39.3 Å². The predicted octanol–water partition coefficient (Wildman–Crippen LogP) is 1.45. The second-order valence-corrected chi connectivity index (χ2v) is 6.31. The zero-order chi connectivity index (χ0) is 15.7. The lowest BCUT2D eigenvalue weighted by Crippen LogP contribution is -2.45. The quantitative estimate of drug-likeness (QED) is 0.893. The van der Waals surface area contributed by atoms with Crippen LogP contribution in [0.4, 0.5) is 4.79 Å². The Hall–Kier alpha value is -2.11. The minimum Gasteiger partial charge on any atom is -0.444 e. The summed E-state index contributed by atoms with van der Waals surface area (Å²) in [5, 5.41) is 0. The maximum atomic E-state index is 12.1. The van der Waals surface area contributed by atoms with E-state index in [4.69, 9.17) is 10.5 Å². The fraction of sp³-hybridized carbons (Fsp3) is 0.533. The van der Waals surface area contributed by atoms with Gasteiger partial charge in [0.1, 0.15) is 11.0 Å². The molecule has 6 heteroatoms. The Kier molecular flexibility index (Phi) is 3.89. The number of rotatable bonds is 2. The van der Waals surface area contributed by atoms with Crippen LogP contribution in [0.1, 0.15) is 32.9 Å². The Balaban J connectivity index is 2.21. The molecule has 1 atom stereocenters. The van der Waals surface area contributed by atoms with E-state index in [2.05, 4.69) is 4.98 Å². The number of primary amides is 1. The van der Waals surface area contributed by atoms with Crippen molar-refractivity contribution in [2.24, 2.45) is 5.73 Å². The Labute approximate surface area is 124 Å². The highest BCUT2D eigenvalue weighted by molar-refractivity contribution is 5.88. The largest absolute Gasteiger partial charge is 0.444 e. The molecule has 0 aliphatic carbocycles. The van der Waals surface area contributed by atoms with Crippen LogP contribution in [0.25, 0.3) is 0 Å². The molecule has 6 nitrogen and oxygen atoms in total. The first kappa shape index (κ1) is 15.3. The van der Waals surface area contributed by atoms with E-state index in [1.165, 1.54) is 4.90 Å². The van der Waals surface area contributed by atoms with Gasteiger partial charge < -0.3 is 15.4 Å². The number of nitrogens with zero attached hydrogens (tertiary/aromatic N) is 2. The summed E-state index contributed by atoms with van der Waals surface area (Å²) in [6, 6.07) is 5.35. The number of pyridine rings is 1. The fourth-order valence-corrected chi connectivity index (χ4v) is 2.47. The average Bonchev–Trinajstić information content (AvgIpc) is 2.84. The van der Waals surface area contributed by atoms with Crippen LogP contribution in [0.3, 0.4) is 0 Å². The van der Waals surface area contributed by atoms with Crippen LogP contribution in [-0.2, 0) is 14.9 Å². The van der Waals surface area contributed by atoms with Crippen molar-refractivity contribution in [3.63, 3.8) is 0 Å². The number of amides is 2. The van der Waals surface area contributed by atoms with Crippen LogP contribution in [0.15, 0.2) is 24.4 Å². The van der Waals surface area contributed by atoms with Crippen LogP contribution in [-0.4, -0.2) is 40.6 Å². The molecular weight excluding hydrogens is 270 g/mol. The van der Waals surface area contributed by atoms with E-state index >= 15 is 0 Å². The van der Waals surface area contributed by atoms with Crippen molar-refractivity contribution in [2.75, 3.05) is 13.1 Å². The van der Waals surface area contributed by atoms with Crippen molar-refractivity contribution in [1.29, 1.82) is 0 Å². The summed E-state index contributed by atoms with van der Waals surface area (Å²) in [5.41, 5.74) is 4.70. The lowest BCUT2D eigenvalue weighted by molar-refractivity contribution is -0.123. The molecule has 2 amide bonds. The van der Waals surface area contributed by atoms with E-state index in [9.17, 15) is 9.59 Å². The summed E-state index contributed by atoms with van der Waals surface area (Å²) in [5.74, 6) is -0.466. The molecule has 0 spiro atoms. The van der Waals surface area contributed by atoms with Gasteiger partial charge in [-0.3, -0.25) is 9.78 Å². The van der Waals surface area contributed by atoms with Crippen LogP contribution in [0.2, 0.25) is 0 Å². The monoisotopic (exact) mass is 291 g/mol. The van der Waals surface area contributed by atoms with Gasteiger partial charge in [-0.15, -0.1) is 0 Å². The summed E-state index contributed by atoms with van der Waals surface area (Å²) < 4.78 is 5.35. The van der Waals surface area contributed by atoms with Gasteiger partial charge in [-0.1, -0.05) is 6.07 Å². The second kappa shape index (κ2) is 5.35. The molecule has 2 heterocycles. The lowest BCUT2D eigenvalue weighted by atomic mass is 9.82. The number of carbonyl (C=O) groups is 2. The molecule has 0 radical (unpaired) electrons. The molecule has 1 unspecified atom stereocenters. The third kappa shape index (κ3) is 3.15. The van der Waals surface area contributed by atoms with E-state index in [1.807, 2.05) is 6.07 Å². The minimum absolute atomic E-state index is 0.203. The number of aromatic nitrogens is 1. The maximum Gasteiger partial charge on any atom is 0.410 e. The van der Waals surface area contributed by atoms with Crippen molar-refractivity contribution >= 4 is 12.0 Å². The van der Waals surface area contributed by atoms with Crippen LogP contribution in [0.5, 0.6) is 0 Å². The Morgan fingerprint density at radius 2 is 2.10 bits per heavy atom. The van der Waals surface area contributed by atoms with Gasteiger partial charge in [0.15, 0.2) is 0 Å². The van der Waals surface area contributed by atoms with Gasteiger partial charge in [0.2, 0.25) is 5.91 Å². The summed E-state index contributed by atoms with van der Waals surface area (Å²) >= 11 is 0. The maximum absolute atomic E-state index is 12.1. The first-order valence-electron chi connectivity index (χ1n) is 6.94. The number of hydrogen-bond acceptors (Lipinski definition) is 4. The molecule has 1 saturated heterocycles. The Bertz CT molecular complexity index is 539. The van der Waals surface area contributed by atoms with Crippen molar-refractivity contribution < 1.29 is 14.3 Å². The Morgan fingerprint density at radius 1 is 1.38 bits per heavy atom. The third-order valence-electron chi connectivity index (χ3n) is 3.55. The predicted molar refractivity (Wildman–Crippen MR) is 77.5 cm³/mol. The van der Waals surface area contributed by atoms with E-state index in [0.29, 0.717) is 18.7 Å². The standard InChI is InChI=1S/C15H21N3O3/c1-14(2,3)21-13(20)18-9-7-15(10-18,12(16)19)11-6-4-5-8-17-11/h4-6,8H,7,9-10H2,1-3H3,(H2,16,19). The molecular formula is C15H21N3O3. The minimum atomic E-state index is -0.932. The van der Waals surface area contributed by atoms with Gasteiger partial charge in [-0.25, -0.2) is 4.79 Å². The normalized spacial score (nSPS) is 22.1. The van der Waals surface area contributed by atoms with Crippen molar-refractivity contribution in [3.05, 3.63) is 30.1 Å². The van der Waals surface area contributed by atoms with E-state index in [-0.39, 0.29) is 6.54 Å². The van der Waals surface area contributed by atoms with E-state index in [1.54, 1.807) is 39.1 Å². The Morgan fingerprint density at radius 3 is 2.62 bits per heavy atom. The van der Waals surface area contributed by atoms with Crippen LogP contribution in [0, 0.1) is 0 Å². The summed E-state index contributed by atoms with van der Waals surface area (Å²) in [4.78, 5) is 29.9. The number of nitrogens with two attached hydrogens (primary N) is 1. The molecule has 0 bridgehead atoms. The summed E-state index contributed by atoms with van der Waals surface area (Å²) in [7, 11) is 0. The van der Waals surface area contributed by atoms with Gasteiger partial charge in [0.25, 0.3) is 0 Å².